The number of rotatable bonds is 4. The highest BCUT2D eigenvalue weighted by Gasteiger charge is 2.28. The molecule has 1 saturated heterocycles. The van der Waals surface area contributed by atoms with Crippen molar-refractivity contribution in [2.24, 2.45) is 5.92 Å². The molecule has 7 heteroatoms. The second kappa shape index (κ2) is 8.71. The molecular formula is C23H23ClN4O2. The number of aromatic amines is 1. The Bertz CT molecular complexity index is 1070. The minimum atomic E-state index is -0.121. The number of benzene rings is 2. The van der Waals surface area contributed by atoms with Crippen molar-refractivity contribution >= 4 is 29.1 Å². The fourth-order valence-electron chi connectivity index (χ4n) is 3.72. The van der Waals surface area contributed by atoms with Gasteiger partial charge in [0, 0.05) is 35.4 Å². The SMILES string of the molecule is Cc1cc(C(=O)N2CCC(C(=O)Nc3cccc(-c4cccc(Cl)c4)c3)CC2)n[nH]1. The van der Waals surface area contributed by atoms with Crippen LogP contribution in [0, 0.1) is 12.8 Å². The number of anilines is 1. The third kappa shape index (κ3) is 4.54. The highest BCUT2D eigenvalue weighted by atomic mass is 35.5. The van der Waals surface area contributed by atoms with Gasteiger partial charge < -0.3 is 10.2 Å². The van der Waals surface area contributed by atoms with Crippen molar-refractivity contribution in [3.63, 3.8) is 0 Å². The molecule has 0 radical (unpaired) electrons. The van der Waals surface area contributed by atoms with Gasteiger partial charge in [0.2, 0.25) is 5.91 Å². The predicted molar refractivity (Wildman–Crippen MR) is 117 cm³/mol. The zero-order valence-electron chi connectivity index (χ0n) is 16.7. The van der Waals surface area contributed by atoms with Gasteiger partial charge in [-0.05, 0) is 61.2 Å². The molecule has 0 aliphatic carbocycles. The minimum absolute atomic E-state index is 0.0130. The zero-order valence-corrected chi connectivity index (χ0v) is 17.4. The molecule has 1 aliphatic rings. The number of piperidine rings is 1. The second-order valence-electron chi connectivity index (χ2n) is 7.58. The number of hydrogen-bond donors (Lipinski definition) is 2. The minimum Gasteiger partial charge on any atom is -0.337 e. The second-order valence-corrected chi connectivity index (χ2v) is 8.02. The van der Waals surface area contributed by atoms with E-state index in [2.05, 4.69) is 15.5 Å². The molecule has 0 unspecified atom stereocenters. The number of carbonyl (C=O) groups is 2. The lowest BCUT2D eigenvalue weighted by Gasteiger charge is -2.30. The van der Waals surface area contributed by atoms with Crippen molar-refractivity contribution in [1.29, 1.82) is 0 Å². The maximum Gasteiger partial charge on any atom is 0.274 e. The summed E-state index contributed by atoms with van der Waals surface area (Å²) in [6.45, 7) is 2.96. The van der Waals surface area contributed by atoms with Gasteiger partial charge in [-0.2, -0.15) is 5.10 Å². The van der Waals surface area contributed by atoms with Crippen LogP contribution < -0.4 is 5.32 Å². The van der Waals surface area contributed by atoms with Gasteiger partial charge >= 0.3 is 0 Å². The summed E-state index contributed by atoms with van der Waals surface area (Å²) in [6.07, 6.45) is 1.27. The fourth-order valence-corrected chi connectivity index (χ4v) is 3.91. The smallest absolute Gasteiger partial charge is 0.274 e. The molecule has 1 aromatic heterocycles. The summed E-state index contributed by atoms with van der Waals surface area (Å²) in [7, 11) is 0. The van der Waals surface area contributed by atoms with Crippen LogP contribution in [0.1, 0.15) is 29.0 Å². The first-order valence-electron chi connectivity index (χ1n) is 9.98. The van der Waals surface area contributed by atoms with Crippen molar-refractivity contribution in [3.05, 3.63) is 71.0 Å². The molecule has 2 aromatic carbocycles. The van der Waals surface area contributed by atoms with Crippen LogP contribution in [-0.4, -0.2) is 40.0 Å². The van der Waals surface area contributed by atoms with Gasteiger partial charge in [0.1, 0.15) is 5.69 Å². The standard InChI is InChI=1S/C23H23ClN4O2/c1-15-12-21(27-26-15)23(30)28-10-8-16(9-11-28)22(29)25-20-7-3-5-18(14-20)17-4-2-6-19(24)13-17/h2-7,12-14,16H,8-11H2,1H3,(H,25,29)(H,26,27). The van der Waals surface area contributed by atoms with Crippen LogP contribution in [0.3, 0.4) is 0 Å². The lowest BCUT2D eigenvalue weighted by molar-refractivity contribution is -0.121. The Morgan fingerprint density at radius 1 is 1.07 bits per heavy atom. The molecule has 0 spiro atoms. The number of aryl methyl sites for hydroxylation is 1. The Balaban J connectivity index is 1.36. The number of H-pyrrole nitrogens is 1. The van der Waals surface area contributed by atoms with E-state index in [1.807, 2.05) is 55.5 Å². The molecule has 0 atom stereocenters. The summed E-state index contributed by atoms with van der Waals surface area (Å²) in [5, 5.41) is 10.5. The maximum atomic E-state index is 12.8. The average molecular weight is 423 g/mol. The van der Waals surface area contributed by atoms with Crippen LogP contribution in [0.4, 0.5) is 5.69 Å². The van der Waals surface area contributed by atoms with Crippen LogP contribution in [0.5, 0.6) is 0 Å². The third-order valence-corrected chi connectivity index (χ3v) is 5.60. The predicted octanol–water partition coefficient (Wildman–Crippen LogP) is 4.53. The molecule has 2 amide bonds. The number of nitrogens with zero attached hydrogens (tertiary/aromatic N) is 2. The van der Waals surface area contributed by atoms with Crippen molar-refractivity contribution in [2.75, 3.05) is 18.4 Å². The van der Waals surface area contributed by atoms with E-state index in [4.69, 9.17) is 11.6 Å². The van der Waals surface area contributed by atoms with Crippen molar-refractivity contribution in [3.8, 4) is 11.1 Å². The van der Waals surface area contributed by atoms with Crippen LogP contribution in [0.2, 0.25) is 5.02 Å². The molecule has 0 bridgehead atoms. The summed E-state index contributed by atoms with van der Waals surface area (Å²) in [4.78, 5) is 27.0. The molecule has 30 heavy (non-hydrogen) atoms. The number of carbonyl (C=O) groups excluding carboxylic acids is 2. The zero-order chi connectivity index (χ0) is 21.1. The van der Waals surface area contributed by atoms with E-state index in [-0.39, 0.29) is 17.7 Å². The number of amides is 2. The van der Waals surface area contributed by atoms with E-state index >= 15 is 0 Å². The third-order valence-electron chi connectivity index (χ3n) is 5.37. The lowest BCUT2D eigenvalue weighted by Crippen LogP contribution is -2.41. The van der Waals surface area contributed by atoms with Crippen LogP contribution in [-0.2, 0) is 4.79 Å². The monoisotopic (exact) mass is 422 g/mol. The van der Waals surface area contributed by atoms with Gasteiger partial charge in [0.25, 0.3) is 5.91 Å². The van der Waals surface area contributed by atoms with Gasteiger partial charge in [-0.15, -0.1) is 0 Å². The average Bonchev–Trinajstić information content (AvgIpc) is 3.20. The van der Waals surface area contributed by atoms with E-state index in [1.165, 1.54) is 0 Å². The quantitative estimate of drug-likeness (QED) is 0.648. The van der Waals surface area contributed by atoms with E-state index in [0.29, 0.717) is 36.6 Å². The van der Waals surface area contributed by atoms with Gasteiger partial charge in [-0.25, -0.2) is 0 Å². The first kappa shape index (κ1) is 20.2. The molecule has 6 nitrogen and oxygen atoms in total. The topological polar surface area (TPSA) is 78.1 Å². The van der Waals surface area contributed by atoms with Crippen molar-refractivity contribution in [1.82, 2.24) is 15.1 Å². The summed E-state index contributed by atoms with van der Waals surface area (Å²) in [6, 6.07) is 17.1. The molecule has 154 valence electrons. The van der Waals surface area contributed by atoms with Crippen molar-refractivity contribution in [2.45, 2.75) is 19.8 Å². The summed E-state index contributed by atoms with van der Waals surface area (Å²) < 4.78 is 0. The Kier molecular flexibility index (Phi) is 5.86. The van der Waals surface area contributed by atoms with Crippen LogP contribution >= 0.6 is 11.6 Å². The van der Waals surface area contributed by atoms with Crippen LogP contribution in [0.15, 0.2) is 54.6 Å². The summed E-state index contributed by atoms with van der Waals surface area (Å²) in [5.41, 5.74) is 4.02. The first-order chi connectivity index (χ1) is 14.5. The Labute approximate surface area is 180 Å². The molecule has 2 heterocycles. The summed E-state index contributed by atoms with van der Waals surface area (Å²) >= 11 is 6.09. The molecule has 0 saturated carbocycles. The van der Waals surface area contributed by atoms with Gasteiger partial charge in [-0.3, -0.25) is 14.7 Å². The van der Waals surface area contributed by atoms with Gasteiger partial charge in [0.05, 0.1) is 0 Å². The number of nitrogens with one attached hydrogen (secondary N) is 2. The Morgan fingerprint density at radius 2 is 1.77 bits per heavy atom. The first-order valence-corrected chi connectivity index (χ1v) is 10.4. The number of likely N-dealkylation sites (tertiary alicyclic amines) is 1. The molecule has 4 rings (SSSR count). The molecule has 2 N–H and O–H groups in total. The van der Waals surface area contributed by atoms with E-state index in [9.17, 15) is 9.59 Å². The van der Waals surface area contributed by atoms with E-state index in [0.717, 1.165) is 22.5 Å². The van der Waals surface area contributed by atoms with Gasteiger partial charge in [0.15, 0.2) is 0 Å². The number of halogens is 1. The Hall–Kier alpha value is -3.12. The maximum absolute atomic E-state index is 12.8. The van der Waals surface area contributed by atoms with Gasteiger partial charge in [-0.1, -0.05) is 35.9 Å². The number of hydrogen-bond acceptors (Lipinski definition) is 3. The largest absolute Gasteiger partial charge is 0.337 e. The fraction of sp³-hybridized carbons (Fsp3) is 0.261. The van der Waals surface area contributed by atoms with Crippen LogP contribution in [0.25, 0.3) is 11.1 Å². The molecular weight excluding hydrogens is 400 g/mol. The van der Waals surface area contributed by atoms with E-state index in [1.54, 1.807) is 11.0 Å². The molecule has 1 fully saturated rings. The normalized spacial score (nSPS) is 14.5. The van der Waals surface area contributed by atoms with Crippen molar-refractivity contribution < 1.29 is 9.59 Å². The molecule has 3 aromatic rings. The number of aromatic nitrogens is 2. The highest BCUT2D eigenvalue weighted by molar-refractivity contribution is 6.30. The Morgan fingerprint density at radius 3 is 2.43 bits per heavy atom. The highest BCUT2D eigenvalue weighted by Crippen LogP contribution is 2.26. The summed E-state index contributed by atoms with van der Waals surface area (Å²) in [5.74, 6) is -0.224. The lowest BCUT2D eigenvalue weighted by atomic mass is 9.95. The van der Waals surface area contributed by atoms with E-state index < -0.39 is 0 Å². The molecule has 1 aliphatic heterocycles.